The number of H-pyrrole nitrogens is 1. The van der Waals surface area contributed by atoms with Gasteiger partial charge in [0, 0.05) is 4.90 Å². The maximum absolute atomic E-state index is 10.7. The summed E-state index contributed by atoms with van der Waals surface area (Å²) in [6.07, 6.45) is 0. The fraction of sp³-hybridized carbons (Fsp3) is 0.111. The summed E-state index contributed by atoms with van der Waals surface area (Å²) < 4.78 is 0. The van der Waals surface area contributed by atoms with Crippen molar-refractivity contribution in [3.05, 3.63) is 35.7 Å². The number of carbonyl (C=O) groups is 1. The van der Waals surface area contributed by atoms with Crippen LogP contribution in [0.25, 0.3) is 0 Å². The lowest BCUT2D eigenvalue weighted by atomic mass is 10.2. The minimum absolute atomic E-state index is 0.276. The molecule has 0 aliphatic carbocycles. The normalized spacial score (nSPS) is 10.2. The second-order valence-corrected chi connectivity index (χ2v) is 4.00. The summed E-state index contributed by atoms with van der Waals surface area (Å²) in [6, 6.07) is 6.73. The van der Waals surface area contributed by atoms with E-state index >= 15 is 0 Å². The number of hydrogen-bond acceptors (Lipinski definition) is 5. The zero-order valence-electron chi connectivity index (χ0n) is 8.12. The van der Waals surface area contributed by atoms with Crippen LogP contribution in [0, 0.1) is 0 Å². The molecule has 2 rings (SSSR count). The van der Waals surface area contributed by atoms with Crippen molar-refractivity contribution in [3.63, 3.8) is 0 Å². The van der Waals surface area contributed by atoms with E-state index in [0.717, 1.165) is 4.90 Å². The third kappa shape index (κ3) is 2.57. The largest absolute Gasteiger partial charge is 0.478 e. The molecule has 0 atom stereocenters. The number of carboxylic acid groups (broad SMARTS) is 1. The van der Waals surface area contributed by atoms with Gasteiger partial charge in [-0.15, -0.1) is 22.0 Å². The standard InChI is InChI=1S/C9H8N4O2S/c14-9(15)6-2-1-3-7(4-6)16-5-8-10-12-13-11-8/h1-4H,5H2,(H,14,15)(H,10,11,12,13). The number of carboxylic acids is 1. The minimum Gasteiger partial charge on any atom is -0.478 e. The first-order chi connectivity index (χ1) is 7.75. The Morgan fingerprint density at radius 1 is 1.50 bits per heavy atom. The molecule has 0 bridgehead atoms. The summed E-state index contributed by atoms with van der Waals surface area (Å²) in [5, 5.41) is 22.2. The molecule has 16 heavy (non-hydrogen) atoms. The van der Waals surface area contributed by atoms with E-state index in [1.807, 2.05) is 6.07 Å². The predicted molar refractivity (Wildman–Crippen MR) is 57.1 cm³/mol. The Morgan fingerprint density at radius 3 is 3.06 bits per heavy atom. The van der Waals surface area contributed by atoms with Gasteiger partial charge in [-0.3, -0.25) is 0 Å². The second-order valence-electron chi connectivity index (χ2n) is 2.95. The molecule has 6 nitrogen and oxygen atoms in total. The summed E-state index contributed by atoms with van der Waals surface area (Å²) >= 11 is 1.46. The first-order valence-electron chi connectivity index (χ1n) is 4.44. The molecule has 0 spiro atoms. The number of nitrogens with zero attached hydrogens (tertiary/aromatic N) is 3. The molecule has 2 aromatic rings. The van der Waals surface area contributed by atoms with E-state index in [2.05, 4.69) is 20.6 Å². The van der Waals surface area contributed by atoms with Gasteiger partial charge in [-0.25, -0.2) is 4.79 Å². The molecule has 0 radical (unpaired) electrons. The van der Waals surface area contributed by atoms with Crippen molar-refractivity contribution >= 4 is 17.7 Å². The molecule has 1 aromatic heterocycles. The van der Waals surface area contributed by atoms with Gasteiger partial charge in [0.2, 0.25) is 0 Å². The van der Waals surface area contributed by atoms with Crippen LogP contribution in [0.3, 0.4) is 0 Å². The maximum atomic E-state index is 10.7. The van der Waals surface area contributed by atoms with E-state index in [4.69, 9.17) is 5.11 Å². The highest BCUT2D eigenvalue weighted by Gasteiger charge is 2.04. The molecule has 1 heterocycles. The second kappa shape index (κ2) is 4.75. The van der Waals surface area contributed by atoms with E-state index in [1.165, 1.54) is 11.8 Å². The van der Waals surface area contributed by atoms with Crippen LogP contribution in [-0.2, 0) is 5.75 Å². The van der Waals surface area contributed by atoms with Crippen molar-refractivity contribution in [2.45, 2.75) is 10.6 Å². The molecule has 0 amide bonds. The van der Waals surface area contributed by atoms with Crippen LogP contribution in [-0.4, -0.2) is 31.7 Å². The molecule has 0 unspecified atom stereocenters. The van der Waals surface area contributed by atoms with E-state index in [1.54, 1.807) is 18.2 Å². The molecular formula is C9H8N4O2S. The zero-order valence-corrected chi connectivity index (χ0v) is 8.94. The molecular weight excluding hydrogens is 228 g/mol. The first kappa shape index (κ1) is 10.6. The molecule has 2 N–H and O–H groups in total. The Hall–Kier alpha value is -1.89. The molecule has 0 saturated heterocycles. The fourth-order valence-electron chi connectivity index (χ4n) is 1.11. The number of rotatable bonds is 4. The van der Waals surface area contributed by atoms with Crippen molar-refractivity contribution in [3.8, 4) is 0 Å². The Balaban J connectivity index is 2.04. The molecule has 0 aliphatic rings. The molecule has 0 aliphatic heterocycles. The van der Waals surface area contributed by atoms with Crippen LogP contribution in [0.15, 0.2) is 29.2 Å². The highest BCUT2D eigenvalue weighted by atomic mass is 32.2. The average molecular weight is 236 g/mol. The van der Waals surface area contributed by atoms with Crippen molar-refractivity contribution < 1.29 is 9.90 Å². The van der Waals surface area contributed by atoms with Gasteiger partial charge in [-0.2, -0.15) is 5.21 Å². The summed E-state index contributed by atoms with van der Waals surface area (Å²) in [5.41, 5.74) is 0.276. The van der Waals surface area contributed by atoms with Gasteiger partial charge in [0.05, 0.1) is 11.3 Å². The van der Waals surface area contributed by atoms with Gasteiger partial charge in [-0.1, -0.05) is 11.3 Å². The van der Waals surface area contributed by atoms with Crippen LogP contribution in [0.5, 0.6) is 0 Å². The van der Waals surface area contributed by atoms with Crippen molar-refractivity contribution in [2.75, 3.05) is 0 Å². The van der Waals surface area contributed by atoms with Crippen LogP contribution >= 0.6 is 11.8 Å². The number of thioether (sulfide) groups is 1. The Morgan fingerprint density at radius 2 is 2.38 bits per heavy atom. The third-order valence-corrected chi connectivity index (χ3v) is 2.83. The number of benzene rings is 1. The predicted octanol–water partition coefficient (Wildman–Crippen LogP) is 1.19. The SMILES string of the molecule is O=C(O)c1cccc(SCc2nn[nH]n2)c1. The van der Waals surface area contributed by atoms with Gasteiger partial charge in [0.25, 0.3) is 0 Å². The van der Waals surface area contributed by atoms with Gasteiger partial charge >= 0.3 is 5.97 Å². The number of hydrogen-bond donors (Lipinski definition) is 2. The Labute approximate surface area is 95.1 Å². The minimum atomic E-state index is -0.929. The van der Waals surface area contributed by atoms with E-state index < -0.39 is 5.97 Å². The maximum Gasteiger partial charge on any atom is 0.335 e. The van der Waals surface area contributed by atoms with Crippen molar-refractivity contribution in [2.24, 2.45) is 0 Å². The van der Waals surface area contributed by atoms with Crippen molar-refractivity contribution in [1.29, 1.82) is 0 Å². The topological polar surface area (TPSA) is 91.8 Å². The van der Waals surface area contributed by atoms with E-state index in [0.29, 0.717) is 11.6 Å². The number of aromatic nitrogens is 4. The first-order valence-corrected chi connectivity index (χ1v) is 5.43. The summed E-state index contributed by atoms with van der Waals surface area (Å²) in [6.45, 7) is 0. The molecule has 82 valence electrons. The molecule has 0 saturated carbocycles. The number of nitrogens with one attached hydrogen (secondary N) is 1. The van der Waals surface area contributed by atoms with Gasteiger partial charge in [0.15, 0.2) is 5.82 Å². The fourth-order valence-corrected chi connectivity index (χ4v) is 1.91. The molecule has 0 fully saturated rings. The van der Waals surface area contributed by atoms with Crippen LogP contribution < -0.4 is 0 Å². The van der Waals surface area contributed by atoms with Crippen LogP contribution in [0.4, 0.5) is 0 Å². The molecule has 7 heteroatoms. The third-order valence-electron chi connectivity index (χ3n) is 1.84. The quantitative estimate of drug-likeness (QED) is 0.775. The highest BCUT2D eigenvalue weighted by Crippen LogP contribution is 2.21. The highest BCUT2D eigenvalue weighted by molar-refractivity contribution is 7.98. The summed E-state index contributed by atoms with van der Waals surface area (Å²) in [4.78, 5) is 11.6. The number of tetrazole rings is 1. The van der Waals surface area contributed by atoms with E-state index in [9.17, 15) is 4.79 Å². The average Bonchev–Trinajstić information content (AvgIpc) is 2.79. The Bertz CT molecular complexity index is 486. The van der Waals surface area contributed by atoms with Crippen molar-refractivity contribution in [1.82, 2.24) is 20.6 Å². The van der Waals surface area contributed by atoms with Gasteiger partial charge in [-0.05, 0) is 18.2 Å². The smallest absolute Gasteiger partial charge is 0.335 e. The monoisotopic (exact) mass is 236 g/mol. The van der Waals surface area contributed by atoms with Crippen LogP contribution in [0.2, 0.25) is 0 Å². The number of aromatic amines is 1. The van der Waals surface area contributed by atoms with Gasteiger partial charge in [0.1, 0.15) is 0 Å². The number of aromatic carboxylic acids is 1. The summed E-state index contributed by atoms with van der Waals surface area (Å²) in [5.74, 6) is 0.215. The summed E-state index contributed by atoms with van der Waals surface area (Å²) in [7, 11) is 0. The Kier molecular flexibility index (Phi) is 3.16. The van der Waals surface area contributed by atoms with E-state index in [-0.39, 0.29) is 5.56 Å². The van der Waals surface area contributed by atoms with Crippen LogP contribution in [0.1, 0.15) is 16.2 Å². The van der Waals surface area contributed by atoms with Gasteiger partial charge < -0.3 is 5.11 Å². The molecule has 1 aromatic carbocycles. The lowest BCUT2D eigenvalue weighted by Gasteiger charge is -1.99. The lowest BCUT2D eigenvalue weighted by molar-refractivity contribution is 0.0696. The lowest BCUT2D eigenvalue weighted by Crippen LogP contribution is -1.95. The zero-order chi connectivity index (χ0) is 11.4.